The molecule has 7 heteroatoms. The minimum absolute atomic E-state index is 0.225. The molecule has 1 rings (SSSR count). The van der Waals surface area contributed by atoms with Gasteiger partial charge in [0.2, 0.25) is 5.03 Å². The first-order valence-electron chi connectivity index (χ1n) is 2.31. The first kappa shape index (κ1) is 7.49. The molecule has 0 unspecified atom stereocenters. The van der Waals surface area contributed by atoms with E-state index in [9.17, 15) is 8.42 Å². The highest BCUT2D eigenvalue weighted by Gasteiger charge is 2.13. The van der Waals surface area contributed by atoms with E-state index >= 15 is 0 Å². The van der Waals surface area contributed by atoms with Gasteiger partial charge in [0.1, 0.15) is 0 Å². The van der Waals surface area contributed by atoms with E-state index in [0.29, 0.717) is 0 Å². The van der Waals surface area contributed by atoms with Crippen molar-refractivity contribution in [3.63, 3.8) is 0 Å². The van der Waals surface area contributed by atoms with Crippen LogP contribution in [0.25, 0.3) is 0 Å². The van der Waals surface area contributed by atoms with Crippen molar-refractivity contribution in [3.05, 3.63) is 6.20 Å². The summed E-state index contributed by atoms with van der Waals surface area (Å²) >= 11 is 0. The van der Waals surface area contributed by atoms with Crippen LogP contribution in [0.15, 0.2) is 11.2 Å². The van der Waals surface area contributed by atoms with E-state index in [0.717, 1.165) is 11.0 Å². The van der Waals surface area contributed by atoms with Gasteiger partial charge in [-0.15, -0.1) is 5.10 Å². The Kier molecular flexibility index (Phi) is 1.65. The SMILES string of the molecule is Cn1ncc(S(=O)(=O)Cl)n1. The molecule has 0 saturated heterocycles. The monoisotopic (exact) mass is 181 g/mol. The van der Waals surface area contributed by atoms with Gasteiger partial charge in [-0.05, 0) is 0 Å². The van der Waals surface area contributed by atoms with Crippen molar-refractivity contribution in [2.24, 2.45) is 7.05 Å². The third kappa shape index (κ3) is 1.45. The highest BCUT2D eigenvalue weighted by molar-refractivity contribution is 8.13. The van der Waals surface area contributed by atoms with Gasteiger partial charge in [0.25, 0.3) is 9.05 Å². The molecule has 0 aliphatic carbocycles. The molecule has 1 aromatic rings. The summed E-state index contributed by atoms with van der Waals surface area (Å²) in [5.74, 6) is 0. The summed E-state index contributed by atoms with van der Waals surface area (Å²) in [5.41, 5.74) is 0. The molecule has 1 heterocycles. The highest BCUT2D eigenvalue weighted by Crippen LogP contribution is 2.08. The van der Waals surface area contributed by atoms with Crippen LogP contribution in [0.5, 0.6) is 0 Å². The van der Waals surface area contributed by atoms with Crippen LogP contribution in [0.3, 0.4) is 0 Å². The molecule has 0 aliphatic heterocycles. The molecule has 0 aliphatic rings. The van der Waals surface area contributed by atoms with Crippen molar-refractivity contribution in [2.45, 2.75) is 5.03 Å². The molecule has 0 saturated carbocycles. The quantitative estimate of drug-likeness (QED) is 0.560. The standard InChI is InChI=1S/C3H4ClN3O2S/c1-7-5-2-3(6-7)10(4,8)9/h2H,1H3. The van der Waals surface area contributed by atoms with Gasteiger partial charge >= 0.3 is 0 Å². The number of nitrogens with zero attached hydrogens (tertiary/aromatic N) is 3. The zero-order valence-electron chi connectivity index (χ0n) is 5.02. The Morgan fingerprint density at radius 1 is 1.70 bits per heavy atom. The summed E-state index contributed by atoms with van der Waals surface area (Å²) in [4.78, 5) is 1.12. The van der Waals surface area contributed by atoms with Crippen LogP contribution in [0, 0.1) is 0 Å². The Morgan fingerprint density at radius 3 is 2.50 bits per heavy atom. The molecule has 0 atom stereocenters. The fourth-order valence-corrected chi connectivity index (χ4v) is 1.04. The predicted molar refractivity (Wildman–Crippen MR) is 34.0 cm³/mol. The van der Waals surface area contributed by atoms with E-state index in [-0.39, 0.29) is 5.03 Å². The third-order valence-electron chi connectivity index (χ3n) is 0.828. The summed E-state index contributed by atoms with van der Waals surface area (Å²) < 4.78 is 21.0. The minimum Gasteiger partial charge on any atom is -0.205 e. The molecule has 0 spiro atoms. The smallest absolute Gasteiger partial charge is 0.205 e. The second kappa shape index (κ2) is 2.21. The summed E-state index contributed by atoms with van der Waals surface area (Å²) in [6.07, 6.45) is 1.09. The summed E-state index contributed by atoms with van der Waals surface area (Å²) in [5, 5.41) is 6.77. The van der Waals surface area contributed by atoms with Crippen LogP contribution in [-0.2, 0) is 16.1 Å². The fraction of sp³-hybridized carbons (Fsp3) is 0.333. The van der Waals surface area contributed by atoms with Crippen LogP contribution in [-0.4, -0.2) is 23.4 Å². The lowest BCUT2D eigenvalue weighted by Gasteiger charge is -1.83. The summed E-state index contributed by atoms with van der Waals surface area (Å²) in [6.45, 7) is 0. The number of hydrogen-bond acceptors (Lipinski definition) is 4. The largest absolute Gasteiger partial charge is 0.282 e. The molecule has 0 radical (unpaired) electrons. The van der Waals surface area contributed by atoms with Gasteiger partial charge in [-0.25, -0.2) is 8.42 Å². The van der Waals surface area contributed by atoms with Crippen molar-refractivity contribution in [2.75, 3.05) is 0 Å². The number of aromatic nitrogens is 3. The van der Waals surface area contributed by atoms with E-state index in [4.69, 9.17) is 10.7 Å². The molecule has 0 bridgehead atoms. The maximum Gasteiger partial charge on any atom is 0.282 e. The Hall–Kier alpha value is -0.620. The number of aryl methyl sites for hydroxylation is 1. The maximum atomic E-state index is 10.5. The molecular formula is C3H4ClN3O2S. The first-order chi connectivity index (χ1) is 4.50. The van der Waals surface area contributed by atoms with E-state index in [1.54, 1.807) is 0 Å². The van der Waals surface area contributed by atoms with E-state index in [1.165, 1.54) is 7.05 Å². The second-order valence-corrected chi connectivity index (χ2v) is 4.12. The van der Waals surface area contributed by atoms with Crippen LogP contribution in [0.4, 0.5) is 0 Å². The maximum absolute atomic E-state index is 10.5. The van der Waals surface area contributed by atoms with Gasteiger partial charge < -0.3 is 0 Å². The average molecular weight is 182 g/mol. The number of hydrogen-bond donors (Lipinski definition) is 0. The lowest BCUT2D eigenvalue weighted by molar-refractivity contribution is 0.596. The molecule has 5 nitrogen and oxygen atoms in total. The normalized spacial score (nSPS) is 11.8. The molecule has 10 heavy (non-hydrogen) atoms. The fourth-order valence-electron chi connectivity index (χ4n) is 0.439. The van der Waals surface area contributed by atoms with Gasteiger partial charge in [-0.1, -0.05) is 0 Å². The van der Waals surface area contributed by atoms with Crippen molar-refractivity contribution in [1.29, 1.82) is 0 Å². The molecule has 0 fully saturated rings. The van der Waals surface area contributed by atoms with Crippen molar-refractivity contribution in [1.82, 2.24) is 15.0 Å². The van der Waals surface area contributed by atoms with Crippen LogP contribution < -0.4 is 0 Å². The topological polar surface area (TPSA) is 64.8 Å². The first-order valence-corrected chi connectivity index (χ1v) is 4.62. The van der Waals surface area contributed by atoms with Crippen molar-refractivity contribution in [3.8, 4) is 0 Å². The molecule has 0 aromatic carbocycles. The Labute approximate surface area is 62.0 Å². The Morgan fingerprint density at radius 2 is 2.30 bits per heavy atom. The number of halogens is 1. The molecular weight excluding hydrogens is 178 g/mol. The van der Waals surface area contributed by atoms with Gasteiger partial charge in [0.05, 0.1) is 6.20 Å². The van der Waals surface area contributed by atoms with Gasteiger partial charge in [-0.2, -0.15) is 9.90 Å². The van der Waals surface area contributed by atoms with E-state index in [2.05, 4.69) is 10.2 Å². The number of rotatable bonds is 1. The molecule has 0 amide bonds. The van der Waals surface area contributed by atoms with Gasteiger partial charge in [0.15, 0.2) is 0 Å². The Bertz CT molecular complexity index is 329. The lowest BCUT2D eigenvalue weighted by atomic mass is 11.0. The zero-order valence-corrected chi connectivity index (χ0v) is 6.59. The van der Waals surface area contributed by atoms with E-state index in [1.807, 2.05) is 0 Å². The summed E-state index contributed by atoms with van der Waals surface area (Å²) in [7, 11) is 2.73. The lowest BCUT2D eigenvalue weighted by Crippen LogP contribution is -1.95. The molecule has 0 N–H and O–H groups in total. The van der Waals surface area contributed by atoms with Crippen LogP contribution in [0.2, 0.25) is 0 Å². The van der Waals surface area contributed by atoms with Gasteiger partial charge in [-0.3, -0.25) is 0 Å². The molecule has 56 valence electrons. The Balaban J connectivity index is 3.21. The summed E-state index contributed by atoms with van der Waals surface area (Å²) in [6, 6.07) is 0. The van der Waals surface area contributed by atoms with Crippen molar-refractivity contribution < 1.29 is 8.42 Å². The zero-order chi connectivity index (χ0) is 7.78. The van der Waals surface area contributed by atoms with Crippen LogP contribution >= 0.6 is 10.7 Å². The predicted octanol–water partition coefficient (Wildman–Crippen LogP) is -0.257. The molecule has 1 aromatic heterocycles. The third-order valence-corrected chi connectivity index (χ3v) is 1.99. The van der Waals surface area contributed by atoms with E-state index < -0.39 is 9.05 Å². The highest BCUT2D eigenvalue weighted by atomic mass is 35.7. The minimum atomic E-state index is -3.70. The average Bonchev–Trinajstić information content (AvgIpc) is 2.11. The van der Waals surface area contributed by atoms with Crippen LogP contribution in [0.1, 0.15) is 0 Å². The van der Waals surface area contributed by atoms with Gasteiger partial charge in [0, 0.05) is 17.7 Å². The van der Waals surface area contributed by atoms with Crippen molar-refractivity contribution >= 4 is 19.7 Å². The second-order valence-electron chi connectivity index (χ2n) is 1.61.